The molecule has 1 heterocycles. The number of nitrogen functional groups attached to an aromatic ring is 1. The smallest absolute Gasteiger partial charge is 0.292 e. The zero-order chi connectivity index (χ0) is 14.2. The lowest BCUT2D eigenvalue weighted by molar-refractivity contribution is 0.399. The van der Waals surface area contributed by atoms with Gasteiger partial charge in [-0.2, -0.15) is 4.98 Å². The van der Waals surface area contributed by atoms with Crippen molar-refractivity contribution in [3.8, 4) is 17.0 Å². The van der Waals surface area contributed by atoms with E-state index in [4.69, 9.17) is 14.9 Å². The predicted octanol–water partition coefficient (Wildman–Crippen LogP) is 3.54. The van der Waals surface area contributed by atoms with Crippen molar-refractivity contribution in [2.24, 2.45) is 0 Å². The number of ether oxygens (including phenoxy) is 1. The third-order valence-corrected chi connectivity index (χ3v) is 3.04. The molecule has 0 saturated heterocycles. The highest BCUT2D eigenvalue weighted by molar-refractivity contribution is 5.71. The maximum Gasteiger partial charge on any atom is 0.292 e. The predicted molar refractivity (Wildman–Crippen MR) is 76.3 cm³/mol. The van der Waals surface area contributed by atoms with Crippen molar-refractivity contribution < 1.29 is 9.15 Å². The van der Waals surface area contributed by atoms with Gasteiger partial charge in [0.15, 0.2) is 0 Å². The Hall–Kier alpha value is -1.97. The minimum absolute atomic E-state index is 0.0125. The number of benzene rings is 1. The molecule has 0 atom stereocenters. The van der Waals surface area contributed by atoms with E-state index in [2.05, 4.69) is 38.7 Å². The lowest BCUT2D eigenvalue weighted by Gasteiger charge is -2.24. The topological polar surface area (TPSA) is 61.3 Å². The van der Waals surface area contributed by atoms with Gasteiger partial charge in [0.2, 0.25) is 0 Å². The number of anilines is 1. The molecular formula is C15H20N2O2. The van der Waals surface area contributed by atoms with Crippen molar-refractivity contribution >= 4 is 6.01 Å². The van der Waals surface area contributed by atoms with Crippen LogP contribution in [0.25, 0.3) is 11.3 Å². The Morgan fingerprint density at radius 3 is 2.42 bits per heavy atom. The summed E-state index contributed by atoms with van der Waals surface area (Å²) < 4.78 is 10.7. The molecule has 0 fully saturated rings. The molecule has 0 unspecified atom stereocenters. The Morgan fingerprint density at radius 2 is 1.95 bits per heavy atom. The summed E-state index contributed by atoms with van der Waals surface area (Å²) in [5.74, 6) is 0.825. The summed E-state index contributed by atoms with van der Waals surface area (Å²) in [5, 5.41) is 0. The molecule has 102 valence electrons. The molecule has 2 N–H and O–H groups in total. The molecule has 0 spiro atoms. The molecule has 0 aliphatic rings. The van der Waals surface area contributed by atoms with E-state index in [0.29, 0.717) is 5.69 Å². The fraction of sp³-hybridized carbons (Fsp3) is 0.400. The van der Waals surface area contributed by atoms with Crippen molar-refractivity contribution in [2.75, 3.05) is 12.8 Å². The molecule has 0 aliphatic heterocycles. The van der Waals surface area contributed by atoms with E-state index in [0.717, 1.165) is 22.4 Å². The molecule has 0 radical (unpaired) electrons. The SMILES string of the molecule is COc1c(-c2coc(N)n2)cc(C)cc1C(C)(C)C. The minimum atomic E-state index is -0.0125. The van der Waals surface area contributed by atoms with Crippen LogP contribution in [0.1, 0.15) is 31.9 Å². The van der Waals surface area contributed by atoms with E-state index in [-0.39, 0.29) is 11.4 Å². The summed E-state index contributed by atoms with van der Waals surface area (Å²) in [6.45, 7) is 8.53. The van der Waals surface area contributed by atoms with Gasteiger partial charge in [-0.1, -0.05) is 26.8 Å². The number of hydrogen-bond acceptors (Lipinski definition) is 4. The van der Waals surface area contributed by atoms with Gasteiger partial charge in [0.25, 0.3) is 6.01 Å². The molecule has 2 rings (SSSR count). The van der Waals surface area contributed by atoms with Crippen LogP contribution in [0.2, 0.25) is 0 Å². The lowest BCUT2D eigenvalue weighted by Crippen LogP contribution is -2.13. The molecule has 4 heteroatoms. The normalized spacial score (nSPS) is 11.6. The molecule has 0 bridgehead atoms. The fourth-order valence-electron chi connectivity index (χ4n) is 2.15. The summed E-state index contributed by atoms with van der Waals surface area (Å²) in [5.41, 5.74) is 9.45. The summed E-state index contributed by atoms with van der Waals surface area (Å²) in [6, 6.07) is 4.34. The maximum absolute atomic E-state index is 5.60. The number of nitrogens with zero attached hydrogens (tertiary/aromatic N) is 1. The first-order valence-electron chi connectivity index (χ1n) is 6.23. The highest BCUT2D eigenvalue weighted by Gasteiger charge is 2.23. The zero-order valence-electron chi connectivity index (χ0n) is 12.1. The Morgan fingerprint density at radius 1 is 1.26 bits per heavy atom. The molecule has 1 aromatic heterocycles. The highest BCUT2D eigenvalue weighted by Crippen LogP contribution is 2.39. The van der Waals surface area contributed by atoms with Gasteiger partial charge >= 0.3 is 0 Å². The average molecular weight is 260 g/mol. The zero-order valence-corrected chi connectivity index (χ0v) is 12.1. The third-order valence-electron chi connectivity index (χ3n) is 3.04. The molecule has 0 amide bonds. The van der Waals surface area contributed by atoms with Crippen LogP contribution in [0.5, 0.6) is 5.75 Å². The summed E-state index contributed by atoms with van der Waals surface area (Å²) in [6.07, 6.45) is 1.55. The van der Waals surface area contributed by atoms with Crippen molar-refractivity contribution in [3.05, 3.63) is 29.5 Å². The molecule has 19 heavy (non-hydrogen) atoms. The summed E-state index contributed by atoms with van der Waals surface area (Å²) in [7, 11) is 1.67. The lowest BCUT2D eigenvalue weighted by atomic mass is 9.84. The first-order chi connectivity index (χ1) is 8.82. The Labute approximate surface area is 113 Å². The monoisotopic (exact) mass is 260 g/mol. The average Bonchev–Trinajstić information content (AvgIpc) is 2.73. The number of oxazole rings is 1. The van der Waals surface area contributed by atoms with E-state index >= 15 is 0 Å². The van der Waals surface area contributed by atoms with Crippen molar-refractivity contribution in [3.63, 3.8) is 0 Å². The van der Waals surface area contributed by atoms with Crippen LogP contribution in [-0.2, 0) is 5.41 Å². The number of rotatable bonds is 2. The second-order valence-corrected chi connectivity index (χ2v) is 5.71. The first kappa shape index (κ1) is 13.5. The standard InChI is InChI=1S/C15H20N2O2/c1-9-6-10(12-8-19-14(16)17-12)13(18-5)11(7-9)15(2,3)4/h6-8H,1-5H3,(H2,16,17). The van der Waals surface area contributed by atoms with Crippen LogP contribution in [0.15, 0.2) is 22.8 Å². The Kier molecular flexibility index (Phi) is 3.27. The van der Waals surface area contributed by atoms with E-state index < -0.39 is 0 Å². The minimum Gasteiger partial charge on any atom is -0.496 e. The van der Waals surface area contributed by atoms with Gasteiger partial charge in [-0.25, -0.2) is 0 Å². The van der Waals surface area contributed by atoms with Gasteiger partial charge in [-0.05, 0) is 24.0 Å². The van der Waals surface area contributed by atoms with E-state index in [1.165, 1.54) is 0 Å². The Bertz CT molecular complexity index is 595. The van der Waals surface area contributed by atoms with Gasteiger partial charge in [0, 0.05) is 11.1 Å². The molecule has 2 aromatic rings. The molecular weight excluding hydrogens is 240 g/mol. The number of methoxy groups -OCH3 is 1. The van der Waals surface area contributed by atoms with E-state index in [9.17, 15) is 0 Å². The van der Waals surface area contributed by atoms with E-state index in [1.54, 1.807) is 13.4 Å². The molecule has 0 saturated carbocycles. The van der Waals surface area contributed by atoms with Crippen LogP contribution in [0.4, 0.5) is 6.01 Å². The summed E-state index contributed by atoms with van der Waals surface area (Å²) >= 11 is 0. The third kappa shape index (κ3) is 2.57. The molecule has 0 aliphatic carbocycles. The number of aromatic nitrogens is 1. The second kappa shape index (κ2) is 4.61. The molecule has 4 nitrogen and oxygen atoms in total. The number of aryl methyl sites for hydroxylation is 1. The second-order valence-electron chi connectivity index (χ2n) is 5.71. The fourth-order valence-corrected chi connectivity index (χ4v) is 2.15. The van der Waals surface area contributed by atoms with Crippen LogP contribution in [0, 0.1) is 6.92 Å². The number of hydrogen-bond donors (Lipinski definition) is 1. The quantitative estimate of drug-likeness (QED) is 0.897. The van der Waals surface area contributed by atoms with Gasteiger partial charge in [-0.15, -0.1) is 0 Å². The van der Waals surface area contributed by atoms with E-state index in [1.807, 2.05) is 6.07 Å². The van der Waals surface area contributed by atoms with Gasteiger partial charge < -0.3 is 14.9 Å². The van der Waals surface area contributed by atoms with Crippen LogP contribution < -0.4 is 10.5 Å². The van der Waals surface area contributed by atoms with Crippen LogP contribution >= 0.6 is 0 Å². The van der Waals surface area contributed by atoms with Crippen molar-refractivity contribution in [2.45, 2.75) is 33.1 Å². The maximum atomic E-state index is 5.60. The van der Waals surface area contributed by atoms with Gasteiger partial charge in [0.05, 0.1) is 7.11 Å². The summed E-state index contributed by atoms with van der Waals surface area (Å²) in [4.78, 5) is 4.18. The Balaban J connectivity index is 2.70. The van der Waals surface area contributed by atoms with Gasteiger partial charge in [-0.3, -0.25) is 0 Å². The van der Waals surface area contributed by atoms with Crippen LogP contribution in [0.3, 0.4) is 0 Å². The van der Waals surface area contributed by atoms with Crippen molar-refractivity contribution in [1.29, 1.82) is 0 Å². The highest BCUT2D eigenvalue weighted by atomic mass is 16.5. The number of nitrogens with two attached hydrogens (primary N) is 1. The van der Waals surface area contributed by atoms with Crippen LogP contribution in [-0.4, -0.2) is 12.1 Å². The van der Waals surface area contributed by atoms with Gasteiger partial charge in [0.1, 0.15) is 17.7 Å². The first-order valence-corrected chi connectivity index (χ1v) is 6.23. The molecule has 1 aromatic carbocycles. The van der Waals surface area contributed by atoms with Crippen molar-refractivity contribution in [1.82, 2.24) is 4.98 Å². The largest absolute Gasteiger partial charge is 0.496 e.